The summed E-state index contributed by atoms with van der Waals surface area (Å²) < 4.78 is 38.2. The molecule has 6 heteroatoms. The molecule has 1 unspecified atom stereocenters. The van der Waals surface area contributed by atoms with Gasteiger partial charge in [-0.05, 0) is 36.5 Å². The van der Waals surface area contributed by atoms with E-state index in [0.717, 1.165) is 24.8 Å². The first-order chi connectivity index (χ1) is 9.17. The number of sulfonamides is 1. The zero-order valence-electron chi connectivity index (χ0n) is 12.0. The van der Waals surface area contributed by atoms with Gasteiger partial charge in [0.2, 0.25) is 10.0 Å². The molecule has 20 heavy (non-hydrogen) atoms. The highest BCUT2D eigenvalue weighted by Gasteiger charge is 2.34. The summed E-state index contributed by atoms with van der Waals surface area (Å²) in [6.07, 6.45) is 4.40. The number of benzene rings is 1. The summed E-state index contributed by atoms with van der Waals surface area (Å²) in [6.45, 7) is 4.41. The fraction of sp³-hybridized carbons (Fsp3) is 0.571. The van der Waals surface area contributed by atoms with Crippen molar-refractivity contribution >= 4 is 21.4 Å². The predicted octanol–water partition coefficient (Wildman–Crippen LogP) is 3.19. The van der Waals surface area contributed by atoms with Crippen LogP contribution in [0.4, 0.5) is 15.8 Å². The Kier molecular flexibility index (Phi) is 3.95. The number of hydrogen-bond donors (Lipinski definition) is 2. The molecule has 2 N–H and O–H groups in total. The summed E-state index contributed by atoms with van der Waals surface area (Å²) in [7, 11) is -3.48. The summed E-state index contributed by atoms with van der Waals surface area (Å²) in [5.41, 5.74) is 0.907. The molecule has 0 saturated heterocycles. The topological polar surface area (TPSA) is 58.2 Å². The number of halogens is 1. The van der Waals surface area contributed by atoms with Crippen LogP contribution in [0.2, 0.25) is 0 Å². The fourth-order valence-corrected chi connectivity index (χ4v) is 3.24. The number of anilines is 2. The van der Waals surface area contributed by atoms with E-state index in [-0.39, 0.29) is 11.1 Å². The zero-order valence-corrected chi connectivity index (χ0v) is 12.8. The van der Waals surface area contributed by atoms with Crippen LogP contribution in [-0.4, -0.2) is 20.7 Å². The lowest BCUT2D eigenvalue weighted by Crippen LogP contribution is -2.30. The molecule has 2 rings (SSSR count). The Balaban J connectivity index is 2.19. The molecule has 0 aromatic heterocycles. The second-order valence-corrected chi connectivity index (χ2v) is 7.90. The van der Waals surface area contributed by atoms with Crippen LogP contribution in [0.1, 0.15) is 33.1 Å². The zero-order chi connectivity index (χ0) is 15.0. The van der Waals surface area contributed by atoms with Gasteiger partial charge in [-0.1, -0.05) is 20.3 Å². The predicted molar refractivity (Wildman–Crippen MR) is 79.9 cm³/mol. The average Bonchev–Trinajstić information content (AvgIpc) is 2.61. The van der Waals surface area contributed by atoms with E-state index in [1.54, 1.807) is 6.07 Å². The average molecular weight is 300 g/mol. The SMILES string of the molecule is CC1(C)CCCC1Nc1ccc(F)c(NS(C)(=O)=O)c1. The third-order valence-corrected chi connectivity index (χ3v) is 4.45. The van der Waals surface area contributed by atoms with Crippen molar-refractivity contribution in [3.8, 4) is 0 Å². The van der Waals surface area contributed by atoms with E-state index >= 15 is 0 Å². The third-order valence-electron chi connectivity index (χ3n) is 3.86. The highest BCUT2D eigenvalue weighted by molar-refractivity contribution is 7.92. The Morgan fingerprint density at radius 2 is 2.05 bits per heavy atom. The van der Waals surface area contributed by atoms with Gasteiger partial charge in [0.1, 0.15) is 5.82 Å². The van der Waals surface area contributed by atoms with Crippen LogP contribution >= 0.6 is 0 Å². The van der Waals surface area contributed by atoms with E-state index in [1.165, 1.54) is 18.6 Å². The van der Waals surface area contributed by atoms with Gasteiger partial charge in [0.15, 0.2) is 0 Å². The van der Waals surface area contributed by atoms with Crippen molar-refractivity contribution in [1.82, 2.24) is 0 Å². The van der Waals surface area contributed by atoms with E-state index in [4.69, 9.17) is 0 Å². The van der Waals surface area contributed by atoms with Gasteiger partial charge in [0.25, 0.3) is 0 Å². The maximum absolute atomic E-state index is 13.6. The highest BCUT2D eigenvalue weighted by Crippen LogP contribution is 2.39. The Bertz CT molecular complexity index is 599. The Hall–Kier alpha value is -1.30. The van der Waals surface area contributed by atoms with Crippen LogP contribution < -0.4 is 10.0 Å². The number of nitrogens with one attached hydrogen (secondary N) is 2. The quantitative estimate of drug-likeness (QED) is 0.898. The van der Waals surface area contributed by atoms with Crippen molar-refractivity contribution in [3.05, 3.63) is 24.0 Å². The molecular weight excluding hydrogens is 279 g/mol. The third kappa shape index (κ3) is 3.62. The Morgan fingerprint density at radius 3 is 2.60 bits per heavy atom. The standard InChI is InChI=1S/C14H21FN2O2S/c1-14(2)8-4-5-13(14)16-10-6-7-11(15)12(9-10)17-20(3,18)19/h6-7,9,13,16-17H,4-5,8H2,1-3H3. The molecule has 0 aliphatic heterocycles. The second-order valence-electron chi connectivity index (χ2n) is 6.15. The lowest BCUT2D eigenvalue weighted by atomic mass is 9.87. The van der Waals surface area contributed by atoms with E-state index in [1.807, 2.05) is 0 Å². The van der Waals surface area contributed by atoms with Crippen LogP contribution in [0.3, 0.4) is 0 Å². The molecule has 1 saturated carbocycles. The first-order valence-electron chi connectivity index (χ1n) is 6.71. The molecule has 0 spiro atoms. The summed E-state index contributed by atoms with van der Waals surface area (Å²) in [4.78, 5) is 0. The summed E-state index contributed by atoms with van der Waals surface area (Å²) in [6, 6.07) is 4.74. The summed E-state index contributed by atoms with van der Waals surface area (Å²) in [5, 5.41) is 3.38. The van der Waals surface area contributed by atoms with Gasteiger partial charge in [0, 0.05) is 11.7 Å². The minimum atomic E-state index is -3.48. The van der Waals surface area contributed by atoms with Gasteiger partial charge in [-0.2, -0.15) is 0 Å². The van der Waals surface area contributed by atoms with Gasteiger partial charge in [-0.15, -0.1) is 0 Å². The molecule has 1 aliphatic rings. The smallest absolute Gasteiger partial charge is 0.229 e. The molecule has 0 heterocycles. The number of hydrogen-bond acceptors (Lipinski definition) is 3. The fourth-order valence-electron chi connectivity index (χ4n) is 2.69. The van der Waals surface area contributed by atoms with Crippen LogP contribution in [0.5, 0.6) is 0 Å². The molecule has 1 fully saturated rings. The van der Waals surface area contributed by atoms with E-state index in [9.17, 15) is 12.8 Å². The van der Waals surface area contributed by atoms with Gasteiger partial charge < -0.3 is 5.32 Å². The van der Waals surface area contributed by atoms with Crippen LogP contribution in [0.15, 0.2) is 18.2 Å². The second kappa shape index (κ2) is 5.24. The lowest BCUT2D eigenvalue weighted by molar-refractivity contribution is 0.350. The lowest BCUT2D eigenvalue weighted by Gasteiger charge is -2.29. The van der Waals surface area contributed by atoms with Gasteiger partial charge in [-0.3, -0.25) is 4.72 Å². The van der Waals surface area contributed by atoms with E-state index < -0.39 is 15.8 Å². The summed E-state index contributed by atoms with van der Waals surface area (Å²) in [5.74, 6) is -0.577. The van der Waals surface area contributed by atoms with Gasteiger partial charge >= 0.3 is 0 Å². The van der Waals surface area contributed by atoms with Crippen LogP contribution in [0.25, 0.3) is 0 Å². The molecule has 1 atom stereocenters. The van der Waals surface area contributed by atoms with E-state index in [0.29, 0.717) is 6.04 Å². The van der Waals surface area contributed by atoms with Crippen LogP contribution in [0, 0.1) is 11.2 Å². The molecule has 0 radical (unpaired) electrons. The molecule has 1 aromatic rings. The largest absolute Gasteiger partial charge is 0.382 e. The van der Waals surface area contributed by atoms with Gasteiger partial charge in [-0.25, -0.2) is 12.8 Å². The van der Waals surface area contributed by atoms with Crippen molar-refractivity contribution in [3.63, 3.8) is 0 Å². The van der Waals surface area contributed by atoms with Crippen molar-refractivity contribution in [2.24, 2.45) is 5.41 Å². The molecule has 0 bridgehead atoms. The maximum atomic E-state index is 13.6. The molecule has 1 aromatic carbocycles. The molecule has 112 valence electrons. The van der Waals surface area contributed by atoms with Crippen molar-refractivity contribution in [2.45, 2.75) is 39.2 Å². The maximum Gasteiger partial charge on any atom is 0.229 e. The molecule has 1 aliphatic carbocycles. The first-order valence-corrected chi connectivity index (χ1v) is 8.60. The Morgan fingerprint density at radius 1 is 1.35 bits per heavy atom. The molecular formula is C14H21FN2O2S. The Labute approximate surface area is 119 Å². The van der Waals surface area contributed by atoms with Crippen molar-refractivity contribution in [1.29, 1.82) is 0 Å². The molecule has 4 nitrogen and oxygen atoms in total. The van der Waals surface area contributed by atoms with Crippen LogP contribution in [-0.2, 0) is 10.0 Å². The normalized spacial score (nSPS) is 21.7. The van der Waals surface area contributed by atoms with Crippen molar-refractivity contribution < 1.29 is 12.8 Å². The minimum Gasteiger partial charge on any atom is -0.382 e. The number of rotatable bonds is 4. The first kappa shape index (κ1) is 15.1. The minimum absolute atomic E-state index is 0.0201. The van der Waals surface area contributed by atoms with Gasteiger partial charge in [0.05, 0.1) is 11.9 Å². The van der Waals surface area contributed by atoms with E-state index in [2.05, 4.69) is 23.9 Å². The molecule has 0 amide bonds. The monoisotopic (exact) mass is 300 g/mol. The van der Waals surface area contributed by atoms with Crippen molar-refractivity contribution in [2.75, 3.05) is 16.3 Å². The highest BCUT2D eigenvalue weighted by atomic mass is 32.2. The summed E-state index contributed by atoms with van der Waals surface area (Å²) >= 11 is 0.